The van der Waals surface area contributed by atoms with Gasteiger partial charge < -0.3 is 5.32 Å². The van der Waals surface area contributed by atoms with E-state index in [1.807, 2.05) is 61.5 Å². The molecule has 2 atom stereocenters. The van der Waals surface area contributed by atoms with Gasteiger partial charge in [-0.3, -0.25) is 14.2 Å². The molecule has 0 aliphatic heterocycles. The lowest BCUT2D eigenvalue weighted by atomic mass is 9.88. The second-order valence-electron chi connectivity index (χ2n) is 8.30. The fourth-order valence-electron chi connectivity index (χ4n) is 4.40. The SMILES string of the molecule is C[C@H](Sc1nc2ccccc2c(=O)n1-c1ccccc1)C(=O)N[C@@H]1CCCc2ccccc21. The number of hydrogen-bond acceptors (Lipinski definition) is 4. The molecule has 33 heavy (non-hydrogen) atoms. The molecule has 0 bridgehead atoms. The van der Waals surface area contributed by atoms with Crippen LogP contribution in [0.4, 0.5) is 0 Å². The van der Waals surface area contributed by atoms with Crippen LogP contribution in [0.5, 0.6) is 0 Å². The lowest BCUT2D eigenvalue weighted by molar-refractivity contribution is -0.121. The first-order chi connectivity index (χ1) is 16.1. The molecular formula is C27H25N3O2S. The molecule has 0 saturated heterocycles. The largest absolute Gasteiger partial charge is 0.348 e. The molecule has 1 heterocycles. The Morgan fingerprint density at radius 2 is 1.76 bits per heavy atom. The fourth-order valence-corrected chi connectivity index (χ4v) is 5.34. The van der Waals surface area contributed by atoms with E-state index in [0.717, 1.165) is 24.9 Å². The first kappa shape index (κ1) is 21.5. The third-order valence-electron chi connectivity index (χ3n) is 6.10. The zero-order valence-corrected chi connectivity index (χ0v) is 19.2. The van der Waals surface area contributed by atoms with Gasteiger partial charge in [-0.15, -0.1) is 0 Å². The summed E-state index contributed by atoms with van der Waals surface area (Å²) in [4.78, 5) is 31.3. The summed E-state index contributed by atoms with van der Waals surface area (Å²) < 4.78 is 1.60. The molecular weight excluding hydrogens is 430 g/mol. The minimum Gasteiger partial charge on any atom is -0.348 e. The summed E-state index contributed by atoms with van der Waals surface area (Å²) in [6, 6.07) is 25.1. The maximum Gasteiger partial charge on any atom is 0.266 e. The Morgan fingerprint density at radius 3 is 2.61 bits per heavy atom. The van der Waals surface area contributed by atoms with E-state index in [1.54, 1.807) is 10.6 Å². The summed E-state index contributed by atoms with van der Waals surface area (Å²) in [5, 5.41) is 3.88. The Kier molecular flexibility index (Phi) is 6.01. The second kappa shape index (κ2) is 9.24. The molecule has 1 aromatic heterocycles. The van der Waals surface area contributed by atoms with Crippen LogP contribution in [0.1, 0.15) is 36.9 Å². The Balaban J connectivity index is 1.45. The minimum atomic E-state index is -0.415. The van der Waals surface area contributed by atoms with Gasteiger partial charge in [-0.1, -0.05) is 66.4 Å². The highest BCUT2D eigenvalue weighted by molar-refractivity contribution is 8.00. The molecule has 1 aliphatic rings. The molecule has 166 valence electrons. The zero-order chi connectivity index (χ0) is 22.8. The van der Waals surface area contributed by atoms with E-state index < -0.39 is 5.25 Å². The van der Waals surface area contributed by atoms with E-state index in [2.05, 4.69) is 23.5 Å². The molecule has 0 fully saturated rings. The molecule has 5 rings (SSSR count). The number of aromatic nitrogens is 2. The number of rotatable bonds is 5. The van der Waals surface area contributed by atoms with E-state index in [4.69, 9.17) is 4.98 Å². The predicted octanol–water partition coefficient (Wildman–Crippen LogP) is 5.06. The summed E-state index contributed by atoms with van der Waals surface area (Å²) in [5.74, 6) is -0.0521. The van der Waals surface area contributed by atoms with Crippen LogP contribution < -0.4 is 10.9 Å². The van der Waals surface area contributed by atoms with Crippen molar-refractivity contribution in [1.29, 1.82) is 0 Å². The molecule has 0 spiro atoms. The van der Waals surface area contributed by atoms with Crippen LogP contribution in [0, 0.1) is 0 Å². The zero-order valence-electron chi connectivity index (χ0n) is 18.4. The summed E-state index contributed by atoms with van der Waals surface area (Å²) in [7, 11) is 0. The quantitative estimate of drug-likeness (QED) is 0.337. The van der Waals surface area contributed by atoms with Crippen molar-refractivity contribution in [1.82, 2.24) is 14.9 Å². The van der Waals surface area contributed by atoms with Crippen molar-refractivity contribution in [2.45, 2.75) is 42.6 Å². The van der Waals surface area contributed by atoms with Crippen molar-refractivity contribution in [3.05, 3.63) is 100 Å². The number of carbonyl (C=O) groups excluding carboxylic acids is 1. The van der Waals surface area contributed by atoms with Crippen molar-refractivity contribution in [2.75, 3.05) is 0 Å². The van der Waals surface area contributed by atoms with Crippen molar-refractivity contribution in [2.24, 2.45) is 0 Å². The van der Waals surface area contributed by atoms with Crippen LogP contribution in [-0.2, 0) is 11.2 Å². The summed E-state index contributed by atoms with van der Waals surface area (Å²) >= 11 is 1.31. The van der Waals surface area contributed by atoms with Crippen LogP contribution >= 0.6 is 11.8 Å². The summed E-state index contributed by atoms with van der Waals surface area (Å²) in [6.07, 6.45) is 3.05. The summed E-state index contributed by atoms with van der Waals surface area (Å²) in [5.41, 5.74) is 3.74. The third kappa shape index (κ3) is 4.31. The average molecular weight is 456 g/mol. The van der Waals surface area contributed by atoms with E-state index in [-0.39, 0.29) is 17.5 Å². The van der Waals surface area contributed by atoms with Gasteiger partial charge in [0.15, 0.2) is 5.16 Å². The monoisotopic (exact) mass is 455 g/mol. The Morgan fingerprint density at radius 1 is 1.03 bits per heavy atom. The van der Waals surface area contributed by atoms with Gasteiger partial charge in [0.05, 0.1) is 27.9 Å². The summed E-state index contributed by atoms with van der Waals surface area (Å²) in [6.45, 7) is 1.87. The molecule has 1 amide bonds. The van der Waals surface area contributed by atoms with E-state index in [1.165, 1.54) is 22.9 Å². The van der Waals surface area contributed by atoms with E-state index in [9.17, 15) is 9.59 Å². The first-order valence-electron chi connectivity index (χ1n) is 11.2. The number of fused-ring (bicyclic) bond motifs is 2. The Bertz CT molecular complexity index is 1370. The third-order valence-corrected chi connectivity index (χ3v) is 7.15. The smallest absolute Gasteiger partial charge is 0.266 e. The second-order valence-corrected chi connectivity index (χ2v) is 9.61. The Hall–Kier alpha value is -3.38. The maximum absolute atomic E-state index is 13.4. The predicted molar refractivity (Wildman–Crippen MR) is 133 cm³/mol. The van der Waals surface area contributed by atoms with Crippen molar-refractivity contribution in [3.63, 3.8) is 0 Å². The number of nitrogens with one attached hydrogen (secondary N) is 1. The maximum atomic E-state index is 13.4. The van der Waals surface area contributed by atoms with Gasteiger partial charge in [-0.05, 0) is 61.6 Å². The molecule has 1 aliphatic carbocycles. The molecule has 0 radical (unpaired) electrons. The van der Waals surface area contributed by atoms with E-state index in [0.29, 0.717) is 16.1 Å². The number of nitrogens with zero attached hydrogens (tertiary/aromatic N) is 2. The normalized spacial score (nSPS) is 16.2. The van der Waals surface area contributed by atoms with Crippen LogP contribution in [0.2, 0.25) is 0 Å². The van der Waals surface area contributed by atoms with Gasteiger partial charge in [0, 0.05) is 0 Å². The van der Waals surface area contributed by atoms with Crippen molar-refractivity contribution >= 4 is 28.6 Å². The average Bonchev–Trinajstić information content (AvgIpc) is 2.85. The number of benzene rings is 3. The highest BCUT2D eigenvalue weighted by Gasteiger charge is 2.25. The molecule has 5 nitrogen and oxygen atoms in total. The number of para-hydroxylation sites is 2. The van der Waals surface area contributed by atoms with Gasteiger partial charge in [0.2, 0.25) is 5.91 Å². The lowest BCUT2D eigenvalue weighted by Gasteiger charge is -2.27. The van der Waals surface area contributed by atoms with Gasteiger partial charge in [-0.2, -0.15) is 0 Å². The standard InChI is InChI=1S/C27H25N3O2S/c1-18(25(31)28-23-17-9-11-19-10-5-6-14-21(19)23)33-27-29-24-16-8-7-15-22(24)26(32)30(27)20-12-3-2-4-13-20/h2-8,10,12-16,18,23H,9,11,17H2,1H3,(H,28,31)/t18-,23+/m0/s1. The molecule has 0 saturated carbocycles. The highest BCUT2D eigenvalue weighted by atomic mass is 32.2. The minimum absolute atomic E-state index is 0.0198. The van der Waals surface area contributed by atoms with Crippen LogP contribution in [-0.4, -0.2) is 20.7 Å². The topological polar surface area (TPSA) is 64.0 Å². The van der Waals surface area contributed by atoms with Crippen molar-refractivity contribution < 1.29 is 4.79 Å². The van der Waals surface area contributed by atoms with Gasteiger partial charge >= 0.3 is 0 Å². The van der Waals surface area contributed by atoms with Crippen LogP contribution in [0.15, 0.2) is 88.8 Å². The molecule has 4 aromatic rings. The number of aryl methyl sites for hydroxylation is 1. The first-order valence-corrected chi connectivity index (χ1v) is 12.1. The number of carbonyl (C=O) groups is 1. The number of amides is 1. The van der Waals surface area contributed by atoms with Gasteiger partial charge in [0.25, 0.3) is 5.56 Å². The van der Waals surface area contributed by atoms with Crippen LogP contribution in [0.25, 0.3) is 16.6 Å². The molecule has 6 heteroatoms. The Labute approximate surface area is 196 Å². The fraction of sp³-hybridized carbons (Fsp3) is 0.222. The molecule has 0 unspecified atom stereocenters. The van der Waals surface area contributed by atoms with Crippen LogP contribution in [0.3, 0.4) is 0 Å². The molecule has 3 aromatic carbocycles. The van der Waals surface area contributed by atoms with E-state index >= 15 is 0 Å². The van der Waals surface area contributed by atoms with Gasteiger partial charge in [0.1, 0.15) is 0 Å². The van der Waals surface area contributed by atoms with Crippen molar-refractivity contribution in [3.8, 4) is 5.69 Å². The molecule has 1 N–H and O–H groups in total. The highest BCUT2D eigenvalue weighted by Crippen LogP contribution is 2.31. The number of hydrogen-bond donors (Lipinski definition) is 1. The van der Waals surface area contributed by atoms with Gasteiger partial charge in [-0.25, -0.2) is 4.98 Å². The lowest BCUT2D eigenvalue weighted by Crippen LogP contribution is -2.36. The number of thioether (sulfide) groups is 1.